The summed E-state index contributed by atoms with van der Waals surface area (Å²) >= 11 is 0. The molecule has 0 aliphatic carbocycles. The average molecular weight is 1030 g/mol. The molecule has 0 aromatic rings. The van der Waals surface area contributed by atoms with E-state index in [2.05, 4.69) is 31.3 Å². The zero-order valence-corrected chi connectivity index (χ0v) is 48.2. The van der Waals surface area contributed by atoms with Crippen LogP contribution in [0.1, 0.15) is 322 Å². The Kier molecular flexibility index (Phi) is 51.6. The van der Waals surface area contributed by atoms with Gasteiger partial charge in [-0.1, -0.05) is 295 Å². The minimum absolute atomic E-state index is 0.170. The van der Waals surface area contributed by atoms with E-state index in [-0.39, 0.29) is 12.5 Å². The van der Waals surface area contributed by atoms with Gasteiger partial charge in [0.1, 0.15) is 24.4 Å². The maximum absolute atomic E-state index is 13.1. The van der Waals surface area contributed by atoms with Crippen molar-refractivity contribution in [3.8, 4) is 0 Å². The lowest BCUT2D eigenvalue weighted by Gasteiger charge is -2.40. The van der Waals surface area contributed by atoms with Crippen molar-refractivity contribution in [3.05, 3.63) is 24.3 Å². The Morgan fingerprint density at radius 2 is 0.767 bits per heavy atom. The Hall–Kier alpha value is -1.33. The zero-order chi connectivity index (χ0) is 52.9. The average Bonchev–Trinajstić information content (AvgIpc) is 3.39. The highest BCUT2D eigenvalue weighted by Gasteiger charge is 2.44. The predicted octanol–water partition coefficient (Wildman–Crippen LogP) is 16.5. The van der Waals surface area contributed by atoms with Gasteiger partial charge >= 0.3 is 0 Å². The van der Waals surface area contributed by atoms with Gasteiger partial charge in [0.25, 0.3) is 0 Å². The fourth-order valence-electron chi connectivity index (χ4n) is 10.4. The van der Waals surface area contributed by atoms with Crippen molar-refractivity contribution in [3.63, 3.8) is 0 Å². The maximum Gasteiger partial charge on any atom is 0.220 e. The second-order valence-electron chi connectivity index (χ2n) is 22.6. The number of hydrogen-bond donors (Lipinski definition) is 6. The van der Waals surface area contributed by atoms with Crippen LogP contribution >= 0.6 is 0 Å². The van der Waals surface area contributed by atoms with Gasteiger partial charge in [-0.25, -0.2) is 0 Å². The molecular formula is C64H123NO8. The Labute approximate surface area is 451 Å². The van der Waals surface area contributed by atoms with E-state index in [1.807, 2.05) is 6.08 Å². The second kappa shape index (κ2) is 54.0. The first-order valence-corrected chi connectivity index (χ1v) is 32.1. The van der Waals surface area contributed by atoms with Gasteiger partial charge in [0.15, 0.2) is 6.29 Å². The van der Waals surface area contributed by atoms with E-state index in [1.165, 1.54) is 263 Å². The maximum atomic E-state index is 13.1. The van der Waals surface area contributed by atoms with Crippen LogP contribution in [0.25, 0.3) is 0 Å². The Morgan fingerprint density at radius 1 is 0.452 bits per heavy atom. The summed E-state index contributed by atoms with van der Waals surface area (Å²) in [6, 6.07) is -0.801. The topological polar surface area (TPSA) is 149 Å². The molecule has 0 spiro atoms. The molecule has 1 fully saturated rings. The van der Waals surface area contributed by atoms with Crippen LogP contribution in [-0.4, -0.2) is 87.5 Å². The summed E-state index contributed by atoms with van der Waals surface area (Å²) in [6.07, 6.45) is 62.8. The predicted molar refractivity (Wildman–Crippen MR) is 309 cm³/mol. The molecule has 6 N–H and O–H groups in total. The van der Waals surface area contributed by atoms with E-state index >= 15 is 0 Å². The summed E-state index contributed by atoms with van der Waals surface area (Å²) in [7, 11) is 0. The number of nitrogens with one attached hydrogen (secondary N) is 1. The third kappa shape index (κ3) is 43.4. The molecule has 1 aliphatic rings. The van der Waals surface area contributed by atoms with Gasteiger partial charge in [-0.05, 0) is 44.9 Å². The Morgan fingerprint density at radius 3 is 1.11 bits per heavy atom. The van der Waals surface area contributed by atoms with Gasteiger partial charge in [-0.3, -0.25) is 4.79 Å². The number of hydrogen-bond acceptors (Lipinski definition) is 8. The van der Waals surface area contributed by atoms with Gasteiger partial charge in [0.2, 0.25) is 5.91 Å². The molecule has 1 aliphatic heterocycles. The number of unbranched alkanes of at least 4 members (excludes halogenated alkanes) is 44. The van der Waals surface area contributed by atoms with Gasteiger partial charge in [-0.2, -0.15) is 0 Å². The van der Waals surface area contributed by atoms with E-state index in [4.69, 9.17) is 9.47 Å². The molecule has 1 rings (SSSR count). The van der Waals surface area contributed by atoms with Crippen LogP contribution in [0.15, 0.2) is 24.3 Å². The highest BCUT2D eigenvalue weighted by molar-refractivity contribution is 5.76. The first kappa shape index (κ1) is 69.7. The highest BCUT2D eigenvalue weighted by atomic mass is 16.7. The molecule has 0 aromatic heterocycles. The molecule has 7 atom stereocenters. The highest BCUT2D eigenvalue weighted by Crippen LogP contribution is 2.23. The van der Waals surface area contributed by atoms with Gasteiger partial charge in [0, 0.05) is 6.42 Å². The molecule has 73 heavy (non-hydrogen) atoms. The number of amides is 1. The molecule has 1 heterocycles. The monoisotopic (exact) mass is 1030 g/mol. The normalized spacial score (nSPS) is 19.1. The first-order valence-electron chi connectivity index (χ1n) is 32.1. The standard InChI is InChI=1S/C64H123NO8/c1-3-5-7-9-11-13-15-17-19-20-21-22-23-24-25-26-27-28-29-30-31-32-33-34-35-36-37-38-40-42-44-46-48-50-52-54-60(68)65-57(56-72-64-63(71)62(70)61(69)59(55-66)73-64)58(67)53-51-49-47-45-43-41-39-18-16-14-12-10-8-6-4-2/h20-21,51,53,57-59,61-64,66-67,69-71H,3-19,22-50,52,54-56H2,1-2H3,(H,65,68)/b21-20-,53-51+. The van der Waals surface area contributed by atoms with Crippen LogP contribution in [0.5, 0.6) is 0 Å². The second-order valence-corrected chi connectivity index (χ2v) is 22.6. The van der Waals surface area contributed by atoms with Crippen LogP contribution < -0.4 is 5.32 Å². The lowest BCUT2D eigenvalue weighted by Crippen LogP contribution is -2.60. The number of rotatable bonds is 56. The molecule has 0 aromatic carbocycles. The quantitative estimate of drug-likeness (QED) is 0.0261. The lowest BCUT2D eigenvalue weighted by atomic mass is 9.99. The third-order valence-corrected chi connectivity index (χ3v) is 15.5. The van der Waals surface area contributed by atoms with Crippen molar-refractivity contribution in [1.82, 2.24) is 5.32 Å². The van der Waals surface area contributed by atoms with Crippen molar-refractivity contribution >= 4 is 5.91 Å². The molecule has 0 saturated carbocycles. The van der Waals surface area contributed by atoms with E-state index < -0.39 is 49.5 Å². The van der Waals surface area contributed by atoms with Gasteiger partial charge in [-0.15, -0.1) is 0 Å². The van der Waals surface area contributed by atoms with Crippen molar-refractivity contribution in [1.29, 1.82) is 0 Å². The van der Waals surface area contributed by atoms with Crippen LogP contribution in [0.4, 0.5) is 0 Å². The number of aliphatic hydroxyl groups excluding tert-OH is 5. The van der Waals surface area contributed by atoms with E-state index in [9.17, 15) is 30.3 Å². The van der Waals surface area contributed by atoms with Crippen LogP contribution in [0.3, 0.4) is 0 Å². The molecule has 7 unspecified atom stereocenters. The van der Waals surface area contributed by atoms with Crippen LogP contribution in [0.2, 0.25) is 0 Å². The van der Waals surface area contributed by atoms with Crippen molar-refractivity contribution < 1.29 is 39.8 Å². The molecule has 0 radical (unpaired) electrons. The number of allylic oxidation sites excluding steroid dienone is 3. The number of carbonyl (C=O) groups is 1. The summed E-state index contributed by atoms with van der Waals surface area (Å²) in [5.41, 5.74) is 0. The van der Waals surface area contributed by atoms with Crippen LogP contribution in [0, 0.1) is 0 Å². The SMILES string of the molecule is CCCCCCCCCC/C=C\CCCCCCCCCCCCCCCCCCCCCCCCCC(=O)NC(COC1OC(CO)C(O)C(O)C1O)C(O)/C=C/CCCCCCCCCCCCCCC. The molecule has 0 bridgehead atoms. The Bertz CT molecular complexity index is 1200. The molecule has 9 heteroatoms. The lowest BCUT2D eigenvalue weighted by molar-refractivity contribution is -0.302. The molecule has 1 saturated heterocycles. The fourth-order valence-corrected chi connectivity index (χ4v) is 10.4. The van der Waals surface area contributed by atoms with Gasteiger partial charge in [0.05, 0.1) is 25.4 Å². The first-order chi connectivity index (χ1) is 35.8. The zero-order valence-electron chi connectivity index (χ0n) is 48.2. The summed E-state index contributed by atoms with van der Waals surface area (Å²) < 4.78 is 11.3. The minimum atomic E-state index is -1.56. The summed E-state index contributed by atoms with van der Waals surface area (Å²) in [4.78, 5) is 13.1. The number of carbonyl (C=O) groups excluding carboxylic acids is 1. The Balaban J connectivity index is 2.07. The van der Waals surface area contributed by atoms with Crippen molar-refractivity contribution in [2.75, 3.05) is 13.2 Å². The number of ether oxygens (including phenoxy) is 2. The van der Waals surface area contributed by atoms with E-state index in [0.29, 0.717) is 6.42 Å². The third-order valence-electron chi connectivity index (χ3n) is 15.5. The number of aliphatic hydroxyl groups is 5. The van der Waals surface area contributed by atoms with Crippen molar-refractivity contribution in [2.24, 2.45) is 0 Å². The van der Waals surface area contributed by atoms with Gasteiger partial charge < -0.3 is 40.3 Å². The summed E-state index contributed by atoms with van der Waals surface area (Å²) in [6.45, 7) is 3.81. The summed E-state index contributed by atoms with van der Waals surface area (Å²) in [5, 5.41) is 54.5. The fraction of sp³-hybridized carbons (Fsp3) is 0.922. The molecular weight excluding hydrogens is 911 g/mol. The molecule has 432 valence electrons. The van der Waals surface area contributed by atoms with E-state index in [0.717, 1.165) is 38.5 Å². The van der Waals surface area contributed by atoms with E-state index in [1.54, 1.807) is 6.08 Å². The van der Waals surface area contributed by atoms with Crippen molar-refractivity contribution in [2.45, 2.75) is 365 Å². The smallest absolute Gasteiger partial charge is 0.220 e. The molecule has 1 amide bonds. The minimum Gasteiger partial charge on any atom is -0.394 e. The van der Waals surface area contributed by atoms with Crippen LogP contribution in [-0.2, 0) is 14.3 Å². The molecule has 9 nitrogen and oxygen atoms in total. The largest absolute Gasteiger partial charge is 0.394 e. The summed E-state index contributed by atoms with van der Waals surface area (Å²) in [5.74, 6) is -0.170.